The summed E-state index contributed by atoms with van der Waals surface area (Å²) >= 11 is 0. The predicted octanol–water partition coefficient (Wildman–Crippen LogP) is 3.46. The van der Waals surface area contributed by atoms with Crippen LogP contribution in [-0.2, 0) is 11.3 Å². The Morgan fingerprint density at radius 1 is 1.26 bits per heavy atom. The molecule has 1 heterocycles. The fourth-order valence-electron chi connectivity index (χ4n) is 2.90. The highest BCUT2D eigenvalue weighted by Gasteiger charge is 2.20. The van der Waals surface area contributed by atoms with Gasteiger partial charge < -0.3 is 15.1 Å². The SMILES string of the molecule is CCCN(CCC)C(=O)Nc1cccc(CN2CCCC2=O)c1. The summed E-state index contributed by atoms with van der Waals surface area (Å²) in [5, 5.41) is 2.97. The smallest absolute Gasteiger partial charge is 0.321 e. The van der Waals surface area contributed by atoms with Gasteiger partial charge in [-0.15, -0.1) is 0 Å². The summed E-state index contributed by atoms with van der Waals surface area (Å²) in [6.45, 7) is 7.13. The molecule has 1 saturated heterocycles. The van der Waals surface area contributed by atoms with E-state index in [1.807, 2.05) is 34.1 Å². The van der Waals surface area contributed by atoms with E-state index in [1.54, 1.807) is 0 Å². The average Bonchev–Trinajstić information content (AvgIpc) is 2.92. The lowest BCUT2D eigenvalue weighted by molar-refractivity contribution is -0.128. The number of urea groups is 1. The van der Waals surface area contributed by atoms with E-state index in [0.29, 0.717) is 13.0 Å². The maximum atomic E-state index is 12.4. The zero-order valence-corrected chi connectivity index (χ0v) is 14.2. The van der Waals surface area contributed by atoms with Crippen LogP contribution in [0.25, 0.3) is 0 Å². The van der Waals surface area contributed by atoms with Gasteiger partial charge in [0.05, 0.1) is 0 Å². The molecule has 0 bridgehead atoms. The highest BCUT2D eigenvalue weighted by molar-refractivity contribution is 5.89. The van der Waals surface area contributed by atoms with Crippen LogP contribution in [0.15, 0.2) is 24.3 Å². The maximum absolute atomic E-state index is 12.4. The molecular formula is C18H27N3O2. The van der Waals surface area contributed by atoms with Gasteiger partial charge in [0.25, 0.3) is 0 Å². The summed E-state index contributed by atoms with van der Waals surface area (Å²) in [5.74, 6) is 0.219. The lowest BCUT2D eigenvalue weighted by atomic mass is 10.2. The molecule has 1 aromatic carbocycles. The largest absolute Gasteiger partial charge is 0.338 e. The summed E-state index contributed by atoms with van der Waals surface area (Å²) in [7, 11) is 0. The zero-order chi connectivity index (χ0) is 16.7. The minimum absolute atomic E-state index is 0.0527. The van der Waals surface area contributed by atoms with E-state index in [4.69, 9.17) is 0 Å². The van der Waals surface area contributed by atoms with Gasteiger partial charge in [-0.05, 0) is 37.0 Å². The highest BCUT2D eigenvalue weighted by atomic mass is 16.2. The number of nitrogens with zero attached hydrogens (tertiary/aromatic N) is 2. The average molecular weight is 317 g/mol. The van der Waals surface area contributed by atoms with Gasteiger partial charge >= 0.3 is 6.03 Å². The van der Waals surface area contributed by atoms with Crippen LogP contribution in [0.3, 0.4) is 0 Å². The van der Waals surface area contributed by atoms with Crippen molar-refractivity contribution in [1.29, 1.82) is 0 Å². The molecule has 5 heteroatoms. The van der Waals surface area contributed by atoms with Crippen molar-refractivity contribution in [2.24, 2.45) is 0 Å². The van der Waals surface area contributed by atoms with E-state index < -0.39 is 0 Å². The molecule has 23 heavy (non-hydrogen) atoms. The molecular weight excluding hydrogens is 290 g/mol. The van der Waals surface area contributed by atoms with E-state index in [9.17, 15) is 9.59 Å². The molecule has 1 aliphatic rings. The first-order chi connectivity index (χ1) is 11.1. The third-order valence-electron chi connectivity index (χ3n) is 4.00. The number of rotatable bonds is 7. The molecule has 0 radical (unpaired) electrons. The second kappa shape index (κ2) is 8.56. The highest BCUT2D eigenvalue weighted by Crippen LogP contribution is 2.17. The van der Waals surface area contributed by atoms with E-state index in [0.717, 1.165) is 50.1 Å². The quantitative estimate of drug-likeness (QED) is 0.837. The van der Waals surface area contributed by atoms with Crippen LogP contribution in [0.5, 0.6) is 0 Å². The molecule has 0 aliphatic carbocycles. The number of likely N-dealkylation sites (tertiary alicyclic amines) is 1. The number of hydrogen-bond acceptors (Lipinski definition) is 2. The number of carbonyl (C=O) groups is 2. The Labute approximate surface area is 138 Å². The van der Waals surface area contributed by atoms with Crippen molar-refractivity contribution in [2.45, 2.75) is 46.1 Å². The van der Waals surface area contributed by atoms with Crippen molar-refractivity contribution < 1.29 is 9.59 Å². The first-order valence-electron chi connectivity index (χ1n) is 8.56. The molecule has 1 fully saturated rings. The number of carbonyl (C=O) groups excluding carboxylic acids is 2. The van der Waals surface area contributed by atoms with Crippen molar-refractivity contribution in [3.63, 3.8) is 0 Å². The summed E-state index contributed by atoms with van der Waals surface area (Å²) in [6, 6.07) is 7.72. The number of amides is 3. The molecule has 0 spiro atoms. The Hall–Kier alpha value is -2.04. The molecule has 5 nitrogen and oxygen atoms in total. The predicted molar refractivity (Wildman–Crippen MR) is 92.3 cm³/mol. The fourth-order valence-corrected chi connectivity index (χ4v) is 2.90. The van der Waals surface area contributed by atoms with Gasteiger partial charge in [-0.3, -0.25) is 4.79 Å². The lowest BCUT2D eigenvalue weighted by Gasteiger charge is -2.22. The minimum Gasteiger partial charge on any atom is -0.338 e. The second-order valence-electron chi connectivity index (χ2n) is 6.04. The first-order valence-corrected chi connectivity index (χ1v) is 8.56. The van der Waals surface area contributed by atoms with Crippen molar-refractivity contribution in [2.75, 3.05) is 25.0 Å². The van der Waals surface area contributed by atoms with E-state index in [1.165, 1.54) is 0 Å². The topological polar surface area (TPSA) is 52.7 Å². The van der Waals surface area contributed by atoms with E-state index in [-0.39, 0.29) is 11.9 Å². The van der Waals surface area contributed by atoms with Gasteiger partial charge in [-0.2, -0.15) is 0 Å². The van der Waals surface area contributed by atoms with Crippen LogP contribution in [0, 0.1) is 0 Å². The van der Waals surface area contributed by atoms with Crippen molar-refractivity contribution in [1.82, 2.24) is 9.80 Å². The second-order valence-corrected chi connectivity index (χ2v) is 6.04. The Balaban J connectivity index is 1.98. The van der Waals surface area contributed by atoms with Crippen molar-refractivity contribution in [3.8, 4) is 0 Å². The summed E-state index contributed by atoms with van der Waals surface area (Å²) in [5.41, 5.74) is 1.84. The lowest BCUT2D eigenvalue weighted by Crippen LogP contribution is -2.36. The monoisotopic (exact) mass is 317 g/mol. The Kier molecular flexibility index (Phi) is 6.44. The molecule has 0 unspecified atom stereocenters. The first kappa shape index (κ1) is 17.3. The fraction of sp³-hybridized carbons (Fsp3) is 0.556. The molecule has 1 aromatic rings. The Morgan fingerprint density at radius 3 is 2.61 bits per heavy atom. The van der Waals surface area contributed by atoms with Crippen molar-refractivity contribution in [3.05, 3.63) is 29.8 Å². The number of hydrogen-bond donors (Lipinski definition) is 1. The number of nitrogens with one attached hydrogen (secondary N) is 1. The summed E-state index contributed by atoms with van der Waals surface area (Å²) in [4.78, 5) is 27.8. The molecule has 2 rings (SSSR count). The minimum atomic E-state index is -0.0527. The van der Waals surface area contributed by atoms with Crippen LogP contribution in [0.4, 0.5) is 10.5 Å². The maximum Gasteiger partial charge on any atom is 0.321 e. The van der Waals surface area contributed by atoms with E-state index >= 15 is 0 Å². The molecule has 0 aromatic heterocycles. The van der Waals surface area contributed by atoms with Gasteiger partial charge in [-0.1, -0.05) is 26.0 Å². The third kappa shape index (κ3) is 4.98. The standard InChI is InChI=1S/C18H27N3O2/c1-3-10-20(11-4-2)18(23)19-16-8-5-7-15(13-16)14-21-12-6-9-17(21)22/h5,7-8,13H,3-4,6,9-12,14H2,1-2H3,(H,19,23). The van der Waals surface area contributed by atoms with Gasteiger partial charge in [0.15, 0.2) is 0 Å². The van der Waals surface area contributed by atoms with Gasteiger partial charge in [0.1, 0.15) is 0 Å². The molecule has 1 aliphatic heterocycles. The number of anilines is 1. The summed E-state index contributed by atoms with van der Waals surface area (Å²) < 4.78 is 0. The zero-order valence-electron chi connectivity index (χ0n) is 14.2. The molecule has 0 atom stereocenters. The van der Waals surface area contributed by atoms with Crippen LogP contribution >= 0.6 is 0 Å². The van der Waals surface area contributed by atoms with Gasteiger partial charge in [0, 0.05) is 38.3 Å². The molecule has 0 saturated carbocycles. The Morgan fingerprint density at radius 2 is 2.00 bits per heavy atom. The molecule has 126 valence electrons. The third-order valence-corrected chi connectivity index (χ3v) is 4.00. The van der Waals surface area contributed by atoms with Crippen LogP contribution in [-0.4, -0.2) is 41.4 Å². The Bertz CT molecular complexity index is 539. The normalized spacial score (nSPS) is 14.2. The van der Waals surface area contributed by atoms with Crippen LogP contribution in [0.1, 0.15) is 45.1 Å². The molecule has 3 amide bonds. The van der Waals surface area contributed by atoms with Crippen molar-refractivity contribution >= 4 is 17.6 Å². The number of benzene rings is 1. The van der Waals surface area contributed by atoms with Crippen LogP contribution in [0.2, 0.25) is 0 Å². The molecule has 1 N–H and O–H groups in total. The van der Waals surface area contributed by atoms with E-state index in [2.05, 4.69) is 19.2 Å². The summed E-state index contributed by atoms with van der Waals surface area (Å²) in [6.07, 6.45) is 3.49. The van der Waals surface area contributed by atoms with Gasteiger partial charge in [-0.25, -0.2) is 4.79 Å². The van der Waals surface area contributed by atoms with Crippen LogP contribution < -0.4 is 5.32 Å². The van der Waals surface area contributed by atoms with Gasteiger partial charge in [0.2, 0.25) is 5.91 Å².